The number of hydrogen-bond donors (Lipinski definition) is 7. The van der Waals surface area contributed by atoms with Gasteiger partial charge in [0.1, 0.15) is 5.54 Å². The first-order valence-corrected chi connectivity index (χ1v) is 6.71. The number of carbonyl (C=O) groups is 1. The molecular formula is C10H16NO8P. The van der Waals surface area contributed by atoms with Crippen molar-refractivity contribution in [3.8, 4) is 11.5 Å². The maximum atomic E-state index is 10.7. The third-order valence-electron chi connectivity index (χ3n) is 2.10. The van der Waals surface area contributed by atoms with Crippen LogP contribution in [0.1, 0.15) is 12.5 Å². The van der Waals surface area contributed by atoms with Crippen molar-refractivity contribution < 1.29 is 39.4 Å². The topological polar surface area (TPSA) is 182 Å². The molecule has 114 valence electrons. The Hall–Kier alpha value is -1.64. The molecule has 1 aromatic rings. The lowest BCUT2D eigenvalue weighted by Gasteiger charge is -2.19. The van der Waals surface area contributed by atoms with Gasteiger partial charge in [-0.3, -0.25) is 4.79 Å². The molecule has 0 aliphatic rings. The van der Waals surface area contributed by atoms with Crippen molar-refractivity contribution in [1.29, 1.82) is 0 Å². The maximum Gasteiger partial charge on any atom is 0.466 e. The average molecular weight is 309 g/mol. The van der Waals surface area contributed by atoms with Gasteiger partial charge in [0.15, 0.2) is 11.5 Å². The number of phosphoric acid groups is 1. The molecule has 9 nitrogen and oxygen atoms in total. The number of phenols is 2. The van der Waals surface area contributed by atoms with E-state index in [-0.39, 0.29) is 17.9 Å². The number of benzene rings is 1. The Balaban J connectivity index is 0.000000621. The fourth-order valence-corrected chi connectivity index (χ4v) is 1.18. The van der Waals surface area contributed by atoms with Gasteiger partial charge >= 0.3 is 13.8 Å². The Morgan fingerprint density at radius 1 is 1.25 bits per heavy atom. The van der Waals surface area contributed by atoms with Crippen molar-refractivity contribution in [3.63, 3.8) is 0 Å². The molecule has 0 radical (unpaired) electrons. The van der Waals surface area contributed by atoms with Gasteiger partial charge in [-0.1, -0.05) is 6.07 Å². The monoisotopic (exact) mass is 309 g/mol. The lowest BCUT2D eigenvalue weighted by Crippen LogP contribution is -2.46. The third kappa shape index (κ3) is 7.72. The van der Waals surface area contributed by atoms with Crippen LogP contribution >= 0.6 is 7.82 Å². The van der Waals surface area contributed by atoms with Crippen molar-refractivity contribution >= 4 is 13.8 Å². The van der Waals surface area contributed by atoms with Crippen LogP contribution in [0.25, 0.3) is 0 Å². The quantitative estimate of drug-likeness (QED) is 0.286. The van der Waals surface area contributed by atoms with E-state index in [2.05, 4.69) is 0 Å². The predicted molar refractivity (Wildman–Crippen MR) is 68.0 cm³/mol. The summed E-state index contributed by atoms with van der Waals surface area (Å²) >= 11 is 0. The van der Waals surface area contributed by atoms with E-state index >= 15 is 0 Å². The minimum absolute atomic E-state index is 0.0795. The summed E-state index contributed by atoms with van der Waals surface area (Å²) in [6.07, 6.45) is 0.0795. The van der Waals surface area contributed by atoms with Crippen molar-refractivity contribution in [2.45, 2.75) is 18.9 Å². The summed E-state index contributed by atoms with van der Waals surface area (Å²) in [5.41, 5.74) is 4.70. The summed E-state index contributed by atoms with van der Waals surface area (Å²) in [5.74, 6) is -1.64. The van der Waals surface area contributed by atoms with Crippen LogP contribution in [0.4, 0.5) is 0 Å². The third-order valence-corrected chi connectivity index (χ3v) is 2.10. The van der Waals surface area contributed by atoms with E-state index in [0.29, 0.717) is 5.56 Å². The minimum atomic E-state index is -4.64. The van der Waals surface area contributed by atoms with Gasteiger partial charge < -0.3 is 35.7 Å². The van der Waals surface area contributed by atoms with E-state index in [1.54, 1.807) is 0 Å². The van der Waals surface area contributed by atoms with Gasteiger partial charge in [0, 0.05) is 6.42 Å². The first-order valence-electron chi connectivity index (χ1n) is 5.14. The molecule has 0 fully saturated rings. The number of carboxylic acid groups (broad SMARTS) is 1. The van der Waals surface area contributed by atoms with Crippen LogP contribution in [0.2, 0.25) is 0 Å². The van der Waals surface area contributed by atoms with E-state index in [1.165, 1.54) is 25.1 Å². The number of nitrogens with two attached hydrogens (primary N) is 1. The molecule has 20 heavy (non-hydrogen) atoms. The molecule has 0 saturated heterocycles. The zero-order valence-corrected chi connectivity index (χ0v) is 11.4. The highest BCUT2D eigenvalue weighted by Gasteiger charge is 2.28. The van der Waals surface area contributed by atoms with Crippen LogP contribution < -0.4 is 5.73 Å². The van der Waals surface area contributed by atoms with E-state index in [0.717, 1.165) is 0 Å². The smallest absolute Gasteiger partial charge is 0.466 e. The second kappa shape index (κ2) is 6.69. The summed E-state index contributed by atoms with van der Waals surface area (Å²) in [6, 6.07) is 4.11. The van der Waals surface area contributed by atoms with Gasteiger partial charge in [-0.15, -0.1) is 0 Å². The summed E-state index contributed by atoms with van der Waals surface area (Å²) in [5, 5.41) is 27.0. The van der Waals surface area contributed by atoms with Crippen LogP contribution in [0.15, 0.2) is 18.2 Å². The van der Waals surface area contributed by atoms with Gasteiger partial charge in [-0.05, 0) is 24.6 Å². The Labute approximate surface area is 114 Å². The summed E-state index contributed by atoms with van der Waals surface area (Å²) in [4.78, 5) is 32.3. The standard InChI is InChI=1S/C10H13NO4.H3O4P/c1-10(11,9(14)15)5-6-2-3-7(12)8(13)4-6;1-5(2,3)4/h2-4,12-13H,5,11H2,1H3,(H,14,15);(H3,1,2,3,4)/t10-;/m0./s1. The van der Waals surface area contributed by atoms with Gasteiger partial charge in [0.2, 0.25) is 0 Å². The second-order valence-electron chi connectivity index (χ2n) is 4.24. The number of aliphatic carboxylic acids is 1. The van der Waals surface area contributed by atoms with Gasteiger partial charge in [-0.25, -0.2) is 4.57 Å². The Kier molecular flexibility index (Phi) is 6.14. The summed E-state index contributed by atoms with van der Waals surface area (Å²) in [6.45, 7) is 1.39. The van der Waals surface area contributed by atoms with Gasteiger partial charge in [0.05, 0.1) is 0 Å². The van der Waals surface area contributed by atoms with Crippen molar-refractivity contribution in [2.24, 2.45) is 5.73 Å². The van der Waals surface area contributed by atoms with Crippen LogP contribution in [-0.2, 0) is 15.8 Å². The molecule has 0 aliphatic heterocycles. The predicted octanol–water partition coefficient (Wildman–Crippen LogP) is -0.486. The van der Waals surface area contributed by atoms with E-state index in [4.69, 9.17) is 35.2 Å². The first-order chi connectivity index (χ1) is 8.83. The molecule has 1 atom stereocenters. The molecule has 0 heterocycles. The fourth-order valence-electron chi connectivity index (χ4n) is 1.18. The number of carboxylic acids is 1. The highest BCUT2D eigenvalue weighted by atomic mass is 31.2. The van der Waals surface area contributed by atoms with Gasteiger partial charge in [-0.2, -0.15) is 0 Å². The second-order valence-corrected chi connectivity index (χ2v) is 5.26. The molecule has 0 spiro atoms. The zero-order chi connectivity index (χ0) is 16.1. The van der Waals surface area contributed by atoms with E-state index < -0.39 is 19.3 Å². The highest BCUT2D eigenvalue weighted by Crippen LogP contribution is 2.26. The Bertz CT molecular complexity index is 516. The average Bonchev–Trinajstić information content (AvgIpc) is 2.20. The van der Waals surface area contributed by atoms with Crippen LogP contribution in [-0.4, -0.2) is 41.5 Å². The van der Waals surface area contributed by atoms with Crippen LogP contribution in [0.3, 0.4) is 0 Å². The zero-order valence-electron chi connectivity index (χ0n) is 10.5. The van der Waals surface area contributed by atoms with Crippen LogP contribution in [0, 0.1) is 0 Å². The number of hydrogen-bond acceptors (Lipinski definition) is 5. The molecular weight excluding hydrogens is 293 g/mol. The summed E-state index contributed by atoms with van der Waals surface area (Å²) < 4.78 is 8.88. The van der Waals surface area contributed by atoms with Crippen molar-refractivity contribution in [2.75, 3.05) is 0 Å². The fraction of sp³-hybridized carbons (Fsp3) is 0.300. The largest absolute Gasteiger partial charge is 0.504 e. The van der Waals surface area contributed by atoms with Crippen molar-refractivity contribution in [1.82, 2.24) is 0 Å². The number of phenolic OH excluding ortho intramolecular Hbond substituents is 2. The Morgan fingerprint density at radius 2 is 1.70 bits per heavy atom. The first kappa shape index (κ1) is 18.4. The minimum Gasteiger partial charge on any atom is -0.504 e. The molecule has 0 aliphatic carbocycles. The summed E-state index contributed by atoms with van der Waals surface area (Å²) in [7, 11) is -4.64. The van der Waals surface area contributed by atoms with E-state index in [1.807, 2.05) is 0 Å². The maximum absolute atomic E-state index is 10.7. The SMILES string of the molecule is C[C@](N)(Cc1ccc(O)c(O)c1)C(=O)O.O=P(O)(O)O. The lowest BCUT2D eigenvalue weighted by atomic mass is 9.94. The molecule has 0 aromatic heterocycles. The number of rotatable bonds is 3. The molecule has 0 saturated carbocycles. The molecule has 10 heteroatoms. The Morgan fingerprint density at radius 3 is 2.05 bits per heavy atom. The van der Waals surface area contributed by atoms with E-state index in [9.17, 15) is 9.90 Å². The normalized spacial score (nSPS) is 13.8. The lowest BCUT2D eigenvalue weighted by molar-refractivity contribution is -0.142. The highest BCUT2D eigenvalue weighted by molar-refractivity contribution is 7.45. The molecule has 1 aromatic carbocycles. The molecule has 8 N–H and O–H groups in total. The molecule has 0 bridgehead atoms. The number of aromatic hydroxyl groups is 2. The van der Waals surface area contributed by atoms with Crippen LogP contribution in [0.5, 0.6) is 11.5 Å². The molecule has 0 amide bonds. The molecule has 0 unspecified atom stereocenters. The van der Waals surface area contributed by atoms with Gasteiger partial charge in [0.25, 0.3) is 0 Å². The molecule has 1 rings (SSSR count). The van der Waals surface area contributed by atoms with Crippen molar-refractivity contribution in [3.05, 3.63) is 23.8 Å².